The standard InChI is InChI=1S/C24H27N3O2/c1-17(2)21-9-4-5-10-22(21)27-24(28)23-16-19(12-14-26-23)25-13-11-18-7-6-8-20(15-18)29-3/h4-10,12,14-17H,11,13H2,1-3H3,(H,25,26)(H,27,28). The van der Waals surface area contributed by atoms with Crippen LogP contribution in [0.5, 0.6) is 5.75 Å². The molecule has 2 aromatic carbocycles. The fourth-order valence-corrected chi connectivity index (χ4v) is 3.14. The Morgan fingerprint density at radius 3 is 2.69 bits per heavy atom. The predicted octanol–water partition coefficient (Wildman–Crippen LogP) is 5.12. The smallest absolute Gasteiger partial charge is 0.274 e. The van der Waals surface area contributed by atoms with E-state index < -0.39 is 0 Å². The minimum Gasteiger partial charge on any atom is -0.497 e. The highest BCUT2D eigenvalue weighted by atomic mass is 16.5. The summed E-state index contributed by atoms with van der Waals surface area (Å²) in [5.74, 6) is 0.964. The molecule has 5 heteroatoms. The molecule has 0 bridgehead atoms. The molecule has 0 aliphatic heterocycles. The molecule has 0 fully saturated rings. The van der Waals surface area contributed by atoms with Crippen molar-refractivity contribution in [1.29, 1.82) is 0 Å². The van der Waals surface area contributed by atoms with Crippen LogP contribution < -0.4 is 15.4 Å². The molecule has 5 nitrogen and oxygen atoms in total. The molecule has 3 rings (SSSR count). The zero-order chi connectivity index (χ0) is 20.6. The third kappa shape index (κ3) is 5.57. The molecule has 0 spiro atoms. The van der Waals surface area contributed by atoms with Crippen LogP contribution in [0.2, 0.25) is 0 Å². The number of amides is 1. The number of anilines is 2. The molecule has 0 atom stereocenters. The van der Waals surface area contributed by atoms with Crippen LogP contribution in [0.4, 0.5) is 11.4 Å². The van der Waals surface area contributed by atoms with Gasteiger partial charge in [0.15, 0.2) is 0 Å². The van der Waals surface area contributed by atoms with E-state index in [9.17, 15) is 4.79 Å². The first-order valence-electron chi connectivity index (χ1n) is 9.80. The van der Waals surface area contributed by atoms with Gasteiger partial charge in [0.25, 0.3) is 5.91 Å². The number of pyridine rings is 1. The molecule has 0 saturated heterocycles. The van der Waals surface area contributed by atoms with Gasteiger partial charge in [-0.3, -0.25) is 9.78 Å². The lowest BCUT2D eigenvalue weighted by Crippen LogP contribution is -2.15. The molecule has 0 unspecified atom stereocenters. The Labute approximate surface area is 172 Å². The van der Waals surface area contributed by atoms with Crippen LogP contribution in [0.1, 0.15) is 41.4 Å². The second kappa shape index (κ2) is 9.73. The van der Waals surface area contributed by atoms with Gasteiger partial charge in [0.05, 0.1) is 7.11 Å². The molecule has 0 aliphatic carbocycles. The molecule has 0 saturated carbocycles. The van der Waals surface area contributed by atoms with Crippen molar-refractivity contribution in [3.05, 3.63) is 83.7 Å². The van der Waals surface area contributed by atoms with Crippen molar-refractivity contribution in [2.75, 3.05) is 24.3 Å². The molecule has 150 valence electrons. The number of nitrogens with zero attached hydrogens (tertiary/aromatic N) is 1. The molecule has 2 N–H and O–H groups in total. The summed E-state index contributed by atoms with van der Waals surface area (Å²) in [7, 11) is 1.67. The first-order chi connectivity index (χ1) is 14.1. The van der Waals surface area contributed by atoms with E-state index >= 15 is 0 Å². The van der Waals surface area contributed by atoms with Crippen molar-refractivity contribution in [1.82, 2.24) is 4.98 Å². The molecule has 1 heterocycles. The summed E-state index contributed by atoms with van der Waals surface area (Å²) in [6, 6.07) is 19.5. The Kier molecular flexibility index (Phi) is 6.85. The van der Waals surface area contributed by atoms with E-state index in [4.69, 9.17) is 4.74 Å². The van der Waals surface area contributed by atoms with E-state index in [1.54, 1.807) is 19.4 Å². The van der Waals surface area contributed by atoms with Crippen LogP contribution >= 0.6 is 0 Å². The van der Waals surface area contributed by atoms with Crippen LogP contribution in [0.3, 0.4) is 0 Å². The summed E-state index contributed by atoms with van der Waals surface area (Å²) in [5.41, 5.74) is 4.37. The summed E-state index contributed by atoms with van der Waals surface area (Å²) in [4.78, 5) is 16.9. The van der Waals surface area contributed by atoms with Gasteiger partial charge in [-0.15, -0.1) is 0 Å². The first-order valence-corrected chi connectivity index (χ1v) is 9.80. The van der Waals surface area contributed by atoms with Crippen molar-refractivity contribution in [3.8, 4) is 5.75 Å². The third-order valence-corrected chi connectivity index (χ3v) is 4.70. The average molecular weight is 389 g/mol. The van der Waals surface area contributed by atoms with Crippen molar-refractivity contribution >= 4 is 17.3 Å². The molecule has 1 amide bonds. The number of aromatic nitrogens is 1. The molecule has 0 aliphatic rings. The van der Waals surface area contributed by atoms with Crippen LogP contribution in [-0.4, -0.2) is 24.5 Å². The van der Waals surface area contributed by atoms with Gasteiger partial charge in [0, 0.05) is 24.1 Å². The normalized spacial score (nSPS) is 10.6. The number of nitrogens with one attached hydrogen (secondary N) is 2. The maximum Gasteiger partial charge on any atom is 0.274 e. The van der Waals surface area contributed by atoms with Gasteiger partial charge in [-0.1, -0.05) is 44.2 Å². The Morgan fingerprint density at radius 2 is 1.90 bits per heavy atom. The summed E-state index contributed by atoms with van der Waals surface area (Å²) in [6.45, 7) is 4.96. The van der Waals surface area contributed by atoms with Crippen molar-refractivity contribution in [2.45, 2.75) is 26.2 Å². The zero-order valence-electron chi connectivity index (χ0n) is 17.1. The van der Waals surface area contributed by atoms with Crippen LogP contribution in [-0.2, 0) is 6.42 Å². The summed E-state index contributed by atoms with van der Waals surface area (Å²) >= 11 is 0. The lowest BCUT2D eigenvalue weighted by molar-refractivity contribution is 0.102. The van der Waals surface area contributed by atoms with Gasteiger partial charge >= 0.3 is 0 Å². The second-order valence-electron chi connectivity index (χ2n) is 7.15. The van der Waals surface area contributed by atoms with Crippen molar-refractivity contribution in [3.63, 3.8) is 0 Å². The van der Waals surface area contributed by atoms with Gasteiger partial charge in [-0.2, -0.15) is 0 Å². The van der Waals surface area contributed by atoms with Gasteiger partial charge in [-0.05, 0) is 53.8 Å². The van der Waals surface area contributed by atoms with Crippen molar-refractivity contribution in [2.24, 2.45) is 0 Å². The highest BCUT2D eigenvalue weighted by molar-refractivity contribution is 6.03. The number of carbonyl (C=O) groups excluding carboxylic acids is 1. The number of para-hydroxylation sites is 1. The predicted molar refractivity (Wildman–Crippen MR) is 118 cm³/mol. The quantitative estimate of drug-likeness (QED) is 0.561. The van der Waals surface area contributed by atoms with Crippen molar-refractivity contribution < 1.29 is 9.53 Å². The third-order valence-electron chi connectivity index (χ3n) is 4.70. The minimum absolute atomic E-state index is 0.213. The summed E-state index contributed by atoms with van der Waals surface area (Å²) in [5, 5.41) is 6.35. The number of hydrogen-bond acceptors (Lipinski definition) is 4. The van der Waals surface area contributed by atoms with E-state index in [2.05, 4.69) is 35.5 Å². The molecular formula is C24H27N3O2. The second-order valence-corrected chi connectivity index (χ2v) is 7.15. The first kappa shape index (κ1) is 20.4. The molecule has 29 heavy (non-hydrogen) atoms. The maximum absolute atomic E-state index is 12.7. The SMILES string of the molecule is COc1cccc(CCNc2ccnc(C(=O)Nc3ccccc3C(C)C)c2)c1. The van der Waals surface area contributed by atoms with E-state index in [0.717, 1.165) is 35.7 Å². The van der Waals surface area contributed by atoms with Gasteiger partial charge in [-0.25, -0.2) is 0 Å². The highest BCUT2D eigenvalue weighted by Gasteiger charge is 2.12. The van der Waals surface area contributed by atoms with Gasteiger partial charge < -0.3 is 15.4 Å². The molecular weight excluding hydrogens is 362 g/mol. The minimum atomic E-state index is -0.213. The lowest BCUT2D eigenvalue weighted by Gasteiger charge is -2.14. The largest absolute Gasteiger partial charge is 0.497 e. The maximum atomic E-state index is 12.7. The Hall–Kier alpha value is -3.34. The molecule has 1 aromatic heterocycles. The van der Waals surface area contributed by atoms with Gasteiger partial charge in [0.2, 0.25) is 0 Å². The Balaban J connectivity index is 1.62. The number of carbonyl (C=O) groups is 1. The average Bonchev–Trinajstić information content (AvgIpc) is 2.74. The van der Waals surface area contributed by atoms with E-state index in [1.807, 2.05) is 48.5 Å². The zero-order valence-corrected chi connectivity index (χ0v) is 17.1. The summed E-state index contributed by atoms with van der Waals surface area (Å²) in [6.07, 6.45) is 2.50. The highest BCUT2D eigenvalue weighted by Crippen LogP contribution is 2.24. The number of hydrogen-bond donors (Lipinski definition) is 2. The topological polar surface area (TPSA) is 63.2 Å². The lowest BCUT2D eigenvalue weighted by atomic mass is 10.0. The fraction of sp³-hybridized carbons (Fsp3) is 0.250. The van der Waals surface area contributed by atoms with Crippen LogP contribution in [0, 0.1) is 0 Å². The number of benzene rings is 2. The Bertz CT molecular complexity index is 970. The van der Waals surface area contributed by atoms with E-state index in [-0.39, 0.29) is 5.91 Å². The molecule has 0 radical (unpaired) electrons. The van der Waals surface area contributed by atoms with Gasteiger partial charge in [0.1, 0.15) is 11.4 Å². The fourth-order valence-electron chi connectivity index (χ4n) is 3.14. The monoisotopic (exact) mass is 389 g/mol. The van der Waals surface area contributed by atoms with Crippen LogP contribution in [0.15, 0.2) is 66.9 Å². The molecule has 3 aromatic rings. The Morgan fingerprint density at radius 1 is 1.07 bits per heavy atom. The van der Waals surface area contributed by atoms with Crippen LogP contribution in [0.25, 0.3) is 0 Å². The number of methoxy groups -OCH3 is 1. The number of ether oxygens (including phenoxy) is 1. The van der Waals surface area contributed by atoms with E-state index in [1.165, 1.54) is 5.56 Å². The van der Waals surface area contributed by atoms with E-state index in [0.29, 0.717) is 11.6 Å². The number of rotatable bonds is 8. The summed E-state index contributed by atoms with van der Waals surface area (Å²) < 4.78 is 5.26.